The Bertz CT molecular complexity index is 420. The highest BCUT2D eigenvalue weighted by Gasteiger charge is 2.16. The molecular formula is C12H17N3O2. The van der Waals surface area contributed by atoms with Gasteiger partial charge >= 0.3 is 0 Å². The second-order valence-corrected chi connectivity index (χ2v) is 4.09. The van der Waals surface area contributed by atoms with E-state index in [9.17, 15) is 4.79 Å². The van der Waals surface area contributed by atoms with Crippen molar-refractivity contribution < 1.29 is 9.53 Å². The Morgan fingerprint density at radius 2 is 2.41 bits per heavy atom. The largest absolute Gasteiger partial charge is 0.493 e. The lowest BCUT2D eigenvalue weighted by atomic mass is 10.0. The summed E-state index contributed by atoms with van der Waals surface area (Å²) < 4.78 is 5.42. The summed E-state index contributed by atoms with van der Waals surface area (Å²) in [5.74, 6) is 0.742. The minimum atomic E-state index is -0.539. The number of rotatable bonds is 4. The lowest BCUT2D eigenvalue weighted by Gasteiger charge is -2.12. The predicted molar refractivity (Wildman–Crippen MR) is 64.5 cm³/mol. The molecule has 1 atom stereocenters. The smallest absolute Gasteiger partial charge is 0.251 e. The van der Waals surface area contributed by atoms with E-state index in [1.165, 1.54) is 5.56 Å². The predicted octanol–water partition coefficient (Wildman–Crippen LogP) is -0.258. The maximum Gasteiger partial charge on any atom is 0.251 e. The van der Waals surface area contributed by atoms with E-state index in [0.29, 0.717) is 6.42 Å². The molecule has 1 aliphatic rings. The van der Waals surface area contributed by atoms with Crippen LogP contribution in [0.4, 0.5) is 0 Å². The van der Waals surface area contributed by atoms with Gasteiger partial charge in [0.15, 0.2) is 0 Å². The fraction of sp³-hybridized carbons (Fsp3) is 0.417. The number of nitrogens with one attached hydrogen (secondary N) is 2. The molecule has 0 saturated carbocycles. The van der Waals surface area contributed by atoms with E-state index in [2.05, 4.69) is 16.9 Å². The van der Waals surface area contributed by atoms with Gasteiger partial charge in [-0.15, -0.1) is 0 Å². The van der Waals surface area contributed by atoms with Crippen molar-refractivity contribution in [2.75, 3.05) is 13.7 Å². The number of benzene rings is 1. The normalized spacial score (nSPS) is 14.9. The Kier molecular flexibility index (Phi) is 3.61. The Morgan fingerprint density at radius 3 is 3.18 bits per heavy atom. The number of hydrazine groups is 1. The first-order valence-electron chi connectivity index (χ1n) is 5.67. The van der Waals surface area contributed by atoms with Gasteiger partial charge in [-0.1, -0.05) is 12.1 Å². The third kappa shape index (κ3) is 2.75. The summed E-state index contributed by atoms with van der Waals surface area (Å²) in [6.07, 6.45) is 1.46. The topological polar surface area (TPSA) is 76.4 Å². The number of nitrogens with two attached hydrogens (primary N) is 1. The molecule has 5 nitrogen and oxygen atoms in total. The minimum Gasteiger partial charge on any atom is -0.493 e. The van der Waals surface area contributed by atoms with Crippen molar-refractivity contribution in [3.05, 3.63) is 29.3 Å². The van der Waals surface area contributed by atoms with Crippen LogP contribution in [0.3, 0.4) is 0 Å². The van der Waals surface area contributed by atoms with Crippen LogP contribution in [0.25, 0.3) is 0 Å². The quantitative estimate of drug-likeness (QED) is 0.629. The van der Waals surface area contributed by atoms with Crippen molar-refractivity contribution in [1.29, 1.82) is 0 Å². The summed E-state index contributed by atoms with van der Waals surface area (Å²) in [6, 6.07) is 5.43. The van der Waals surface area contributed by atoms with E-state index in [1.807, 2.05) is 12.1 Å². The van der Waals surface area contributed by atoms with Crippen LogP contribution in [0.5, 0.6) is 5.75 Å². The van der Waals surface area contributed by atoms with E-state index < -0.39 is 6.04 Å². The molecule has 4 N–H and O–H groups in total. The highest BCUT2D eigenvalue weighted by molar-refractivity contribution is 5.81. The number of ether oxygens (including phenoxy) is 1. The van der Waals surface area contributed by atoms with Crippen molar-refractivity contribution in [2.45, 2.75) is 18.9 Å². The molecule has 1 unspecified atom stereocenters. The Hall–Kier alpha value is -1.59. The van der Waals surface area contributed by atoms with Crippen LogP contribution in [-0.4, -0.2) is 25.6 Å². The second kappa shape index (κ2) is 5.16. The Labute approximate surface area is 100 Å². The average molecular weight is 235 g/mol. The first kappa shape index (κ1) is 11.9. The zero-order chi connectivity index (χ0) is 12.3. The molecule has 1 aromatic carbocycles. The molecule has 0 spiro atoms. The molecule has 0 radical (unpaired) electrons. The van der Waals surface area contributed by atoms with Gasteiger partial charge in [0.25, 0.3) is 5.91 Å². The zero-order valence-electron chi connectivity index (χ0n) is 9.82. The summed E-state index contributed by atoms with van der Waals surface area (Å²) in [5, 5.41) is 0. The Balaban J connectivity index is 2.01. The molecule has 1 aromatic rings. The van der Waals surface area contributed by atoms with Gasteiger partial charge in [0.1, 0.15) is 5.75 Å². The second-order valence-electron chi connectivity index (χ2n) is 4.09. The Morgan fingerprint density at radius 1 is 1.59 bits per heavy atom. The number of hydrogen-bond acceptors (Lipinski definition) is 4. The first-order valence-corrected chi connectivity index (χ1v) is 5.67. The van der Waals surface area contributed by atoms with Crippen molar-refractivity contribution >= 4 is 5.91 Å². The van der Waals surface area contributed by atoms with Crippen molar-refractivity contribution in [2.24, 2.45) is 5.73 Å². The lowest BCUT2D eigenvalue weighted by molar-refractivity contribution is -0.123. The third-order valence-electron chi connectivity index (χ3n) is 2.79. The van der Waals surface area contributed by atoms with Gasteiger partial charge in [0.05, 0.1) is 12.6 Å². The molecule has 17 heavy (non-hydrogen) atoms. The van der Waals surface area contributed by atoms with Gasteiger partial charge in [-0.3, -0.25) is 10.2 Å². The minimum absolute atomic E-state index is 0.204. The summed E-state index contributed by atoms with van der Waals surface area (Å²) in [7, 11) is 1.64. The van der Waals surface area contributed by atoms with Crippen molar-refractivity contribution in [1.82, 2.24) is 10.9 Å². The summed E-state index contributed by atoms with van der Waals surface area (Å²) >= 11 is 0. The third-order valence-corrected chi connectivity index (χ3v) is 2.79. The van der Waals surface area contributed by atoms with Gasteiger partial charge < -0.3 is 10.5 Å². The van der Waals surface area contributed by atoms with E-state index >= 15 is 0 Å². The van der Waals surface area contributed by atoms with Gasteiger partial charge in [-0.25, -0.2) is 5.43 Å². The molecule has 0 fully saturated rings. The molecule has 1 amide bonds. The molecule has 0 aromatic heterocycles. The molecule has 0 saturated heterocycles. The van der Waals surface area contributed by atoms with Crippen LogP contribution >= 0.6 is 0 Å². The number of fused-ring (bicyclic) bond motifs is 1. The van der Waals surface area contributed by atoms with Crippen LogP contribution in [0.1, 0.15) is 11.1 Å². The van der Waals surface area contributed by atoms with Gasteiger partial charge in [-0.2, -0.15) is 0 Å². The fourth-order valence-electron chi connectivity index (χ4n) is 1.93. The SMILES string of the molecule is CNNC(=O)C(N)Cc1ccc2c(c1)CCO2. The first-order chi connectivity index (χ1) is 8.20. The molecule has 92 valence electrons. The molecule has 0 bridgehead atoms. The van der Waals surface area contributed by atoms with Crippen molar-refractivity contribution in [3.8, 4) is 5.75 Å². The van der Waals surface area contributed by atoms with Gasteiger partial charge in [0.2, 0.25) is 0 Å². The van der Waals surface area contributed by atoms with E-state index in [0.717, 1.165) is 24.3 Å². The van der Waals surface area contributed by atoms with Crippen LogP contribution in [-0.2, 0) is 17.6 Å². The standard InChI is InChI=1S/C12H17N3O2/c1-14-15-12(16)10(13)7-8-2-3-11-9(6-8)4-5-17-11/h2-3,6,10,14H,4-5,7,13H2,1H3,(H,15,16). The van der Waals surface area contributed by atoms with E-state index in [-0.39, 0.29) is 5.91 Å². The maximum atomic E-state index is 11.5. The van der Waals surface area contributed by atoms with E-state index in [4.69, 9.17) is 10.5 Å². The molecule has 0 aliphatic carbocycles. The summed E-state index contributed by atoms with van der Waals surface area (Å²) in [6.45, 7) is 0.741. The molecule has 1 aliphatic heterocycles. The number of amides is 1. The van der Waals surface area contributed by atoms with Crippen LogP contribution < -0.4 is 21.3 Å². The molecule has 5 heteroatoms. The average Bonchev–Trinajstić information content (AvgIpc) is 2.76. The maximum absolute atomic E-state index is 11.5. The monoisotopic (exact) mass is 235 g/mol. The molecule has 1 heterocycles. The summed E-state index contributed by atoms with van der Waals surface area (Å²) in [5.41, 5.74) is 13.1. The number of hydrogen-bond donors (Lipinski definition) is 3. The lowest BCUT2D eigenvalue weighted by Crippen LogP contribution is -2.46. The zero-order valence-corrected chi connectivity index (χ0v) is 9.82. The van der Waals surface area contributed by atoms with Crippen molar-refractivity contribution in [3.63, 3.8) is 0 Å². The molecule has 2 rings (SSSR count). The summed E-state index contributed by atoms with van der Waals surface area (Å²) in [4.78, 5) is 11.5. The van der Waals surface area contributed by atoms with E-state index in [1.54, 1.807) is 7.05 Å². The highest BCUT2D eigenvalue weighted by atomic mass is 16.5. The van der Waals surface area contributed by atoms with Crippen LogP contribution in [0.15, 0.2) is 18.2 Å². The van der Waals surface area contributed by atoms with Crippen LogP contribution in [0.2, 0.25) is 0 Å². The number of carbonyl (C=O) groups excluding carboxylic acids is 1. The fourth-order valence-corrected chi connectivity index (χ4v) is 1.93. The number of carbonyl (C=O) groups is 1. The van der Waals surface area contributed by atoms with Crippen LogP contribution in [0, 0.1) is 0 Å². The van der Waals surface area contributed by atoms with Gasteiger partial charge in [-0.05, 0) is 23.6 Å². The molecular weight excluding hydrogens is 218 g/mol. The highest BCUT2D eigenvalue weighted by Crippen LogP contribution is 2.26. The van der Waals surface area contributed by atoms with Gasteiger partial charge in [0, 0.05) is 13.5 Å².